The Morgan fingerprint density at radius 3 is 2.61 bits per heavy atom. The van der Waals surface area contributed by atoms with Gasteiger partial charge in [-0.1, -0.05) is 18.2 Å². The van der Waals surface area contributed by atoms with E-state index in [9.17, 15) is 0 Å². The van der Waals surface area contributed by atoms with E-state index in [-0.39, 0.29) is 11.8 Å². The maximum atomic E-state index is 5.74. The monoisotopic (exact) mass is 241 g/mol. The molecule has 4 N–H and O–H groups in total. The van der Waals surface area contributed by atoms with Crippen LogP contribution in [-0.4, -0.2) is 25.0 Å². The highest BCUT2D eigenvalue weighted by molar-refractivity contribution is 5.81. The largest absolute Gasteiger partial charge is 0.382 e. The molecule has 90 valence electrons. The third-order valence-electron chi connectivity index (χ3n) is 2.62. The average Bonchev–Trinajstić information content (AvgIpc) is 2.73. The van der Waals surface area contributed by atoms with Gasteiger partial charge >= 0.3 is 0 Å². The van der Waals surface area contributed by atoms with Crippen LogP contribution < -0.4 is 11.5 Å². The van der Waals surface area contributed by atoms with Crippen molar-refractivity contribution < 1.29 is 0 Å². The molecular weight excluding hydrogens is 230 g/mol. The highest BCUT2D eigenvalue weighted by Gasteiger charge is 2.11. The molecule has 3 aromatic rings. The number of aryl methyl sites for hydroxylation is 1. The zero-order valence-corrected chi connectivity index (χ0v) is 9.70. The molecule has 0 radical (unpaired) electrons. The number of anilines is 2. The number of fused-ring (bicyclic) bond motifs is 1. The summed E-state index contributed by atoms with van der Waals surface area (Å²) < 4.78 is 0. The van der Waals surface area contributed by atoms with Crippen LogP contribution in [0.4, 0.5) is 11.8 Å². The first-order valence-corrected chi connectivity index (χ1v) is 5.37. The second-order valence-electron chi connectivity index (χ2n) is 3.92. The Bertz CT molecular complexity index is 731. The van der Waals surface area contributed by atoms with Crippen molar-refractivity contribution in [2.45, 2.75) is 6.92 Å². The Morgan fingerprint density at radius 2 is 1.83 bits per heavy atom. The predicted octanol–water partition coefficient (Wildman–Crippen LogP) is 0.683. The predicted molar refractivity (Wildman–Crippen MR) is 68.0 cm³/mol. The zero-order valence-electron chi connectivity index (χ0n) is 9.70. The van der Waals surface area contributed by atoms with Gasteiger partial charge in [-0.25, -0.2) is 0 Å². The van der Waals surface area contributed by atoms with E-state index in [0.717, 1.165) is 11.3 Å². The van der Waals surface area contributed by atoms with Crippen LogP contribution in [0.3, 0.4) is 0 Å². The van der Waals surface area contributed by atoms with Gasteiger partial charge in [0.2, 0.25) is 11.6 Å². The first-order valence-electron chi connectivity index (χ1n) is 5.37. The number of nitrogen functional groups attached to an aromatic ring is 2. The molecule has 0 spiro atoms. The van der Waals surface area contributed by atoms with Crippen LogP contribution in [0.2, 0.25) is 0 Å². The maximum absolute atomic E-state index is 5.74. The standard InChI is InChI=1S/C11H11N7/c1-6-4-2-3-5-7(6)18-16-8-9(12)14-11(13)15-10(8)17-18/h2-5H,1H3,(H4,12,13,14,15,17). The van der Waals surface area contributed by atoms with Crippen LogP contribution >= 0.6 is 0 Å². The van der Waals surface area contributed by atoms with Gasteiger partial charge in [-0.05, 0) is 18.6 Å². The Labute approximate surface area is 102 Å². The van der Waals surface area contributed by atoms with Crippen molar-refractivity contribution in [1.29, 1.82) is 0 Å². The van der Waals surface area contributed by atoms with Crippen molar-refractivity contribution in [3.05, 3.63) is 29.8 Å². The lowest BCUT2D eigenvalue weighted by atomic mass is 10.2. The van der Waals surface area contributed by atoms with E-state index in [1.807, 2.05) is 31.2 Å². The third-order valence-corrected chi connectivity index (χ3v) is 2.62. The summed E-state index contributed by atoms with van der Waals surface area (Å²) in [5, 5.41) is 8.54. The number of aromatic nitrogens is 5. The summed E-state index contributed by atoms with van der Waals surface area (Å²) in [4.78, 5) is 9.35. The highest BCUT2D eigenvalue weighted by atomic mass is 15.5. The van der Waals surface area contributed by atoms with Crippen LogP contribution in [0.25, 0.3) is 16.9 Å². The molecule has 0 fully saturated rings. The molecule has 0 amide bonds. The number of nitrogens with zero attached hydrogens (tertiary/aromatic N) is 5. The Kier molecular flexibility index (Phi) is 2.12. The van der Waals surface area contributed by atoms with E-state index in [1.165, 1.54) is 4.80 Å². The number of nitrogens with two attached hydrogens (primary N) is 2. The first kappa shape index (κ1) is 10.5. The summed E-state index contributed by atoms with van der Waals surface area (Å²) in [7, 11) is 0. The van der Waals surface area contributed by atoms with Crippen molar-refractivity contribution in [2.24, 2.45) is 0 Å². The van der Waals surface area contributed by atoms with Crippen molar-refractivity contribution >= 4 is 22.9 Å². The number of benzene rings is 1. The van der Waals surface area contributed by atoms with Gasteiger partial charge in [-0.15, -0.1) is 15.0 Å². The summed E-state index contributed by atoms with van der Waals surface area (Å²) in [5.41, 5.74) is 14.0. The molecule has 2 aromatic heterocycles. The number of rotatable bonds is 1. The normalized spacial score (nSPS) is 10.9. The van der Waals surface area contributed by atoms with Gasteiger partial charge in [0.25, 0.3) is 0 Å². The lowest BCUT2D eigenvalue weighted by molar-refractivity contribution is 0.758. The van der Waals surface area contributed by atoms with Gasteiger partial charge in [0, 0.05) is 0 Å². The van der Waals surface area contributed by atoms with Gasteiger partial charge in [0.05, 0.1) is 5.69 Å². The van der Waals surface area contributed by atoms with Crippen molar-refractivity contribution in [2.75, 3.05) is 11.5 Å². The van der Waals surface area contributed by atoms with E-state index in [4.69, 9.17) is 11.5 Å². The fourth-order valence-corrected chi connectivity index (χ4v) is 1.75. The topological polar surface area (TPSA) is 109 Å². The van der Waals surface area contributed by atoms with E-state index >= 15 is 0 Å². The smallest absolute Gasteiger partial charge is 0.224 e. The molecule has 3 rings (SSSR count). The van der Waals surface area contributed by atoms with Crippen LogP contribution in [0.5, 0.6) is 0 Å². The molecule has 0 aliphatic carbocycles. The van der Waals surface area contributed by atoms with E-state index in [1.54, 1.807) is 0 Å². The lowest BCUT2D eigenvalue weighted by Crippen LogP contribution is -2.00. The second-order valence-corrected chi connectivity index (χ2v) is 3.92. The number of para-hydroxylation sites is 1. The van der Waals surface area contributed by atoms with Gasteiger partial charge in [-0.2, -0.15) is 9.97 Å². The maximum Gasteiger partial charge on any atom is 0.224 e. The quantitative estimate of drug-likeness (QED) is 0.648. The van der Waals surface area contributed by atoms with E-state index in [0.29, 0.717) is 11.2 Å². The summed E-state index contributed by atoms with van der Waals surface area (Å²) in [6.45, 7) is 1.98. The molecule has 0 unspecified atom stereocenters. The molecular formula is C11H11N7. The minimum absolute atomic E-state index is 0.0943. The summed E-state index contributed by atoms with van der Waals surface area (Å²) in [6.07, 6.45) is 0. The minimum Gasteiger partial charge on any atom is -0.382 e. The van der Waals surface area contributed by atoms with E-state index < -0.39 is 0 Å². The average molecular weight is 241 g/mol. The van der Waals surface area contributed by atoms with Crippen molar-refractivity contribution in [1.82, 2.24) is 25.0 Å². The highest BCUT2D eigenvalue weighted by Crippen LogP contribution is 2.17. The van der Waals surface area contributed by atoms with Crippen LogP contribution in [-0.2, 0) is 0 Å². The van der Waals surface area contributed by atoms with Crippen LogP contribution in [0.15, 0.2) is 24.3 Å². The second kappa shape index (κ2) is 3.66. The molecule has 1 aromatic carbocycles. The zero-order chi connectivity index (χ0) is 12.7. The molecule has 7 nitrogen and oxygen atoms in total. The summed E-state index contributed by atoms with van der Waals surface area (Å²) in [5.74, 6) is 0.328. The number of hydrogen-bond donors (Lipinski definition) is 2. The van der Waals surface area contributed by atoms with Gasteiger partial charge in [0.15, 0.2) is 11.3 Å². The molecule has 0 saturated heterocycles. The fraction of sp³-hybridized carbons (Fsp3) is 0.0909. The molecule has 0 aliphatic heterocycles. The molecule has 0 saturated carbocycles. The SMILES string of the molecule is Cc1ccccc1-n1nc2nc(N)nc(N)c2n1. The molecule has 2 heterocycles. The Morgan fingerprint density at radius 1 is 1.06 bits per heavy atom. The van der Waals surface area contributed by atoms with Crippen molar-refractivity contribution in [3.63, 3.8) is 0 Å². The minimum atomic E-state index is 0.0943. The number of hydrogen-bond acceptors (Lipinski definition) is 6. The summed E-state index contributed by atoms with van der Waals surface area (Å²) >= 11 is 0. The molecule has 7 heteroatoms. The third kappa shape index (κ3) is 1.53. The molecule has 0 aliphatic rings. The van der Waals surface area contributed by atoms with Crippen LogP contribution in [0.1, 0.15) is 5.56 Å². The lowest BCUT2D eigenvalue weighted by Gasteiger charge is -2.01. The van der Waals surface area contributed by atoms with Crippen molar-refractivity contribution in [3.8, 4) is 5.69 Å². The van der Waals surface area contributed by atoms with Gasteiger partial charge in [0.1, 0.15) is 0 Å². The molecule has 0 bridgehead atoms. The van der Waals surface area contributed by atoms with Gasteiger partial charge in [-0.3, -0.25) is 0 Å². The first-order chi connectivity index (χ1) is 8.65. The molecule has 0 atom stereocenters. The summed E-state index contributed by atoms with van der Waals surface area (Å²) in [6, 6.07) is 7.77. The van der Waals surface area contributed by atoms with Crippen LogP contribution in [0, 0.1) is 6.92 Å². The van der Waals surface area contributed by atoms with E-state index in [2.05, 4.69) is 20.2 Å². The Balaban J connectivity index is 2.26. The molecule has 18 heavy (non-hydrogen) atoms. The fourth-order valence-electron chi connectivity index (χ4n) is 1.75. The van der Waals surface area contributed by atoms with Gasteiger partial charge < -0.3 is 11.5 Å². The Hall–Kier alpha value is -2.70.